The largest absolute Gasteiger partial charge is 0.394 e. The Morgan fingerprint density at radius 1 is 1.11 bits per heavy atom. The van der Waals surface area contributed by atoms with Crippen LogP contribution in [0.5, 0.6) is 0 Å². The van der Waals surface area contributed by atoms with Crippen molar-refractivity contribution in [1.29, 1.82) is 0 Å². The van der Waals surface area contributed by atoms with Crippen molar-refractivity contribution in [3.63, 3.8) is 0 Å². The lowest BCUT2D eigenvalue weighted by Gasteiger charge is -2.29. The zero-order valence-corrected chi connectivity index (χ0v) is 12.3. The molecule has 0 heterocycles. The molecule has 112 valence electrons. The second kappa shape index (κ2) is 10.4. The van der Waals surface area contributed by atoms with E-state index in [1.807, 2.05) is 0 Å². The van der Waals surface area contributed by atoms with Crippen molar-refractivity contribution in [2.45, 2.75) is 39.2 Å². The fourth-order valence-corrected chi connectivity index (χ4v) is 2.39. The molecule has 1 rings (SSSR count). The lowest BCUT2D eigenvalue weighted by molar-refractivity contribution is -0.0214. The second-order valence-electron chi connectivity index (χ2n) is 4.99. The van der Waals surface area contributed by atoms with Gasteiger partial charge in [0, 0.05) is 0 Å². The molecular formula is C15H28O4. The van der Waals surface area contributed by atoms with E-state index in [1.54, 1.807) is 0 Å². The Morgan fingerprint density at radius 2 is 1.79 bits per heavy atom. The van der Waals surface area contributed by atoms with Crippen LogP contribution in [0.3, 0.4) is 0 Å². The highest BCUT2D eigenvalue weighted by atomic mass is 16.5. The van der Waals surface area contributed by atoms with E-state index in [-0.39, 0.29) is 6.61 Å². The molecule has 0 aromatic carbocycles. The first-order valence-electron chi connectivity index (χ1n) is 7.31. The predicted octanol–water partition coefficient (Wildman–Crippen LogP) is 2.16. The lowest BCUT2D eigenvalue weighted by atomic mass is 9.84. The van der Waals surface area contributed by atoms with E-state index < -0.39 is 0 Å². The highest BCUT2D eigenvalue weighted by Gasteiger charge is 2.22. The summed E-state index contributed by atoms with van der Waals surface area (Å²) in [4.78, 5) is 0. The van der Waals surface area contributed by atoms with Gasteiger partial charge in [0.1, 0.15) is 0 Å². The molecule has 2 atom stereocenters. The van der Waals surface area contributed by atoms with E-state index in [0.29, 0.717) is 45.1 Å². The zero-order valence-electron chi connectivity index (χ0n) is 12.3. The van der Waals surface area contributed by atoms with Gasteiger partial charge in [-0.25, -0.2) is 0 Å². The number of aliphatic hydroxyl groups is 1. The van der Waals surface area contributed by atoms with E-state index in [1.165, 1.54) is 12.0 Å². The molecule has 0 spiro atoms. The first kappa shape index (κ1) is 16.6. The Morgan fingerprint density at radius 3 is 2.47 bits per heavy atom. The smallest absolute Gasteiger partial charge is 0.0704 e. The Balaban J connectivity index is 1.98. The van der Waals surface area contributed by atoms with Crippen molar-refractivity contribution in [3.05, 3.63) is 11.6 Å². The van der Waals surface area contributed by atoms with Gasteiger partial charge in [0.25, 0.3) is 0 Å². The molecule has 1 fully saturated rings. The van der Waals surface area contributed by atoms with Crippen molar-refractivity contribution >= 4 is 0 Å². The van der Waals surface area contributed by atoms with Crippen molar-refractivity contribution < 1.29 is 19.3 Å². The molecule has 0 aromatic rings. The summed E-state index contributed by atoms with van der Waals surface area (Å²) in [6.45, 7) is 7.21. The molecule has 0 radical (unpaired) electrons. The second-order valence-corrected chi connectivity index (χ2v) is 4.99. The quantitative estimate of drug-likeness (QED) is 0.516. The van der Waals surface area contributed by atoms with Crippen LogP contribution in [0.4, 0.5) is 0 Å². The van der Waals surface area contributed by atoms with Crippen LogP contribution in [0.2, 0.25) is 0 Å². The summed E-state index contributed by atoms with van der Waals surface area (Å²) in [6.07, 6.45) is 6.03. The molecule has 1 aliphatic rings. The number of hydrogen-bond donors (Lipinski definition) is 1. The van der Waals surface area contributed by atoms with Gasteiger partial charge >= 0.3 is 0 Å². The van der Waals surface area contributed by atoms with Crippen molar-refractivity contribution in [1.82, 2.24) is 0 Å². The SMILES string of the molecule is C/C=C1/CC(OCCOCCOCCO)CCC1C. The van der Waals surface area contributed by atoms with E-state index >= 15 is 0 Å². The lowest BCUT2D eigenvalue weighted by Crippen LogP contribution is -2.24. The maximum atomic E-state index is 8.52. The van der Waals surface area contributed by atoms with Crippen LogP contribution in [0.1, 0.15) is 33.1 Å². The maximum absolute atomic E-state index is 8.52. The minimum Gasteiger partial charge on any atom is -0.394 e. The van der Waals surface area contributed by atoms with Crippen LogP contribution >= 0.6 is 0 Å². The van der Waals surface area contributed by atoms with Gasteiger partial charge in [0.05, 0.1) is 45.7 Å². The summed E-state index contributed by atoms with van der Waals surface area (Å²) >= 11 is 0. The Bertz CT molecular complexity index is 253. The fraction of sp³-hybridized carbons (Fsp3) is 0.867. The molecule has 4 heteroatoms. The minimum atomic E-state index is 0.0660. The summed E-state index contributed by atoms with van der Waals surface area (Å²) in [6, 6.07) is 0. The van der Waals surface area contributed by atoms with E-state index in [9.17, 15) is 0 Å². The highest BCUT2D eigenvalue weighted by molar-refractivity contribution is 5.08. The van der Waals surface area contributed by atoms with Gasteiger partial charge in [0.2, 0.25) is 0 Å². The number of hydrogen-bond acceptors (Lipinski definition) is 4. The first-order chi connectivity index (χ1) is 9.27. The molecule has 0 bridgehead atoms. The topological polar surface area (TPSA) is 47.9 Å². The predicted molar refractivity (Wildman–Crippen MR) is 75.2 cm³/mol. The monoisotopic (exact) mass is 272 g/mol. The molecule has 19 heavy (non-hydrogen) atoms. The number of ether oxygens (including phenoxy) is 3. The third-order valence-electron chi connectivity index (χ3n) is 3.58. The molecule has 0 amide bonds. The third-order valence-corrected chi connectivity index (χ3v) is 3.58. The third kappa shape index (κ3) is 7.06. The van der Waals surface area contributed by atoms with Crippen molar-refractivity contribution in [2.75, 3.05) is 39.6 Å². The molecule has 0 aliphatic heterocycles. The number of aliphatic hydroxyl groups excluding tert-OH is 1. The minimum absolute atomic E-state index is 0.0660. The average Bonchev–Trinajstić information content (AvgIpc) is 2.43. The van der Waals surface area contributed by atoms with Crippen LogP contribution < -0.4 is 0 Å². The molecule has 1 aliphatic carbocycles. The molecule has 4 nitrogen and oxygen atoms in total. The fourth-order valence-electron chi connectivity index (χ4n) is 2.39. The maximum Gasteiger partial charge on any atom is 0.0704 e. The Hall–Kier alpha value is -0.420. The van der Waals surface area contributed by atoms with Crippen molar-refractivity contribution in [3.8, 4) is 0 Å². The summed E-state index contributed by atoms with van der Waals surface area (Å²) in [5, 5.41) is 8.52. The van der Waals surface area contributed by atoms with E-state index in [2.05, 4.69) is 19.9 Å². The first-order valence-corrected chi connectivity index (χ1v) is 7.31. The van der Waals surface area contributed by atoms with Crippen LogP contribution in [0.25, 0.3) is 0 Å². The molecular weight excluding hydrogens is 244 g/mol. The summed E-state index contributed by atoms with van der Waals surface area (Å²) in [5.74, 6) is 0.713. The van der Waals surface area contributed by atoms with Crippen LogP contribution in [-0.2, 0) is 14.2 Å². The van der Waals surface area contributed by atoms with E-state index in [4.69, 9.17) is 19.3 Å². The zero-order chi connectivity index (χ0) is 13.9. The highest BCUT2D eigenvalue weighted by Crippen LogP contribution is 2.30. The molecule has 2 unspecified atom stereocenters. The average molecular weight is 272 g/mol. The van der Waals surface area contributed by atoms with Crippen LogP contribution in [0.15, 0.2) is 11.6 Å². The summed E-state index contributed by atoms with van der Waals surface area (Å²) in [5.41, 5.74) is 1.52. The van der Waals surface area contributed by atoms with Gasteiger partial charge in [-0.15, -0.1) is 0 Å². The summed E-state index contributed by atoms with van der Waals surface area (Å²) < 4.78 is 16.3. The van der Waals surface area contributed by atoms with Gasteiger partial charge in [-0.2, -0.15) is 0 Å². The molecule has 0 aromatic heterocycles. The number of rotatable bonds is 9. The van der Waals surface area contributed by atoms with Gasteiger partial charge in [-0.05, 0) is 32.1 Å². The van der Waals surface area contributed by atoms with Gasteiger partial charge < -0.3 is 19.3 Å². The van der Waals surface area contributed by atoms with Crippen molar-refractivity contribution in [2.24, 2.45) is 5.92 Å². The van der Waals surface area contributed by atoms with Crippen LogP contribution in [-0.4, -0.2) is 50.9 Å². The normalized spacial score (nSPS) is 25.9. The Labute approximate surface area is 116 Å². The molecule has 1 N–H and O–H groups in total. The molecule has 1 saturated carbocycles. The van der Waals surface area contributed by atoms with Crippen LogP contribution in [0, 0.1) is 5.92 Å². The number of allylic oxidation sites excluding steroid dienone is 1. The van der Waals surface area contributed by atoms with Gasteiger partial charge in [-0.3, -0.25) is 0 Å². The molecule has 0 saturated heterocycles. The van der Waals surface area contributed by atoms with E-state index in [0.717, 1.165) is 12.8 Å². The standard InChI is InChI=1S/C15H28O4/c1-3-14-12-15(5-4-13(14)2)19-11-10-18-9-8-17-7-6-16/h3,13,15-16H,4-12H2,1-2H3/b14-3-. The van der Waals surface area contributed by atoms with Gasteiger partial charge in [0.15, 0.2) is 0 Å². The van der Waals surface area contributed by atoms with Gasteiger partial charge in [-0.1, -0.05) is 18.6 Å². The summed E-state index contributed by atoms with van der Waals surface area (Å²) in [7, 11) is 0. The Kier molecular flexibility index (Phi) is 9.08.